The highest BCUT2D eigenvalue weighted by Crippen LogP contribution is 2.25. The van der Waals surface area contributed by atoms with Crippen LogP contribution < -0.4 is 5.32 Å². The predicted molar refractivity (Wildman–Crippen MR) is 79.3 cm³/mol. The Labute approximate surface area is 125 Å². The van der Waals surface area contributed by atoms with Gasteiger partial charge in [0.2, 0.25) is 0 Å². The van der Waals surface area contributed by atoms with E-state index >= 15 is 0 Å². The summed E-state index contributed by atoms with van der Waals surface area (Å²) < 4.78 is 5.82. The Morgan fingerprint density at radius 3 is 2.60 bits per heavy atom. The summed E-state index contributed by atoms with van der Waals surface area (Å²) in [5.41, 5.74) is 1.54. The molecule has 2 aromatic carbocycles. The van der Waals surface area contributed by atoms with Gasteiger partial charge in [0.15, 0.2) is 0 Å². The van der Waals surface area contributed by atoms with Crippen molar-refractivity contribution in [3.05, 3.63) is 64.1 Å². The van der Waals surface area contributed by atoms with Crippen molar-refractivity contribution in [3.63, 3.8) is 0 Å². The molecule has 0 atom stereocenters. The van der Waals surface area contributed by atoms with E-state index in [4.69, 9.17) is 4.74 Å². The molecule has 0 saturated heterocycles. The normalized spacial score (nSPS) is 10.1. The third-order valence-corrected chi connectivity index (χ3v) is 3.46. The number of phenolic OH excluding ortho intramolecular Hbond substituents is 1. The molecule has 2 aromatic rings. The van der Waals surface area contributed by atoms with Gasteiger partial charge in [-0.2, -0.15) is 0 Å². The molecule has 0 saturated carbocycles. The van der Waals surface area contributed by atoms with Crippen molar-refractivity contribution in [2.24, 2.45) is 0 Å². The summed E-state index contributed by atoms with van der Waals surface area (Å²) >= 11 is 3.32. The third-order valence-electron chi connectivity index (χ3n) is 2.72. The molecular weight excluding hydrogens is 322 g/mol. The van der Waals surface area contributed by atoms with E-state index in [0.29, 0.717) is 5.56 Å². The number of amides is 1. The fourth-order valence-electron chi connectivity index (χ4n) is 1.66. The minimum absolute atomic E-state index is 0.128. The number of alkyl carbamates (subject to hydrolysis) is 1. The summed E-state index contributed by atoms with van der Waals surface area (Å²) in [6, 6.07) is 14.5. The van der Waals surface area contributed by atoms with Gasteiger partial charge in [-0.1, -0.05) is 52.3 Å². The van der Waals surface area contributed by atoms with Crippen LogP contribution in [0.5, 0.6) is 5.75 Å². The number of nitrogens with one attached hydrogen (secondary N) is 1. The van der Waals surface area contributed by atoms with Crippen LogP contribution in [0.3, 0.4) is 0 Å². The van der Waals surface area contributed by atoms with Crippen LogP contribution in [0.1, 0.15) is 11.1 Å². The number of ether oxygens (including phenoxy) is 1. The van der Waals surface area contributed by atoms with Gasteiger partial charge in [0.1, 0.15) is 12.4 Å². The zero-order valence-corrected chi connectivity index (χ0v) is 12.3. The molecule has 5 heteroatoms. The molecule has 2 N–H and O–H groups in total. The lowest BCUT2D eigenvalue weighted by atomic mass is 10.2. The van der Waals surface area contributed by atoms with E-state index in [9.17, 15) is 9.90 Å². The summed E-state index contributed by atoms with van der Waals surface area (Å²) in [7, 11) is 0. The van der Waals surface area contributed by atoms with Gasteiger partial charge < -0.3 is 15.2 Å². The second-order valence-corrected chi connectivity index (χ2v) is 5.01. The van der Waals surface area contributed by atoms with Crippen LogP contribution in [0.15, 0.2) is 53.0 Å². The lowest BCUT2D eigenvalue weighted by Gasteiger charge is -2.09. The van der Waals surface area contributed by atoms with E-state index in [1.54, 1.807) is 18.2 Å². The molecule has 0 aliphatic carbocycles. The van der Waals surface area contributed by atoms with Crippen molar-refractivity contribution in [3.8, 4) is 5.75 Å². The second kappa shape index (κ2) is 6.96. The van der Waals surface area contributed by atoms with E-state index in [0.717, 1.165) is 10.0 Å². The molecule has 20 heavy (non-hydrogen) atoms. The highest BCUT2D eigenvalue weighted by atomic mass is 79.9. The molecule has 0 unspecified atom stereocenters. The predicted octanol–water partition coefficient (Wildman–Crippen LogP) is 3.58. The van der Waals surface area contributed by atoms with Gasteiger partial charge in [-0.15, -0.1) is 0 Å². The number of hydrogen-bond acceptors (Lipinski definition) is 3. The summed E-state index contributed by atoms with van der Waals surface area (Å²) in [6.45, 7) is 0.412. The molecule has 0 radical (unpaired) electrons. The van der Waals surface area contributed by atoms with Crippen molar-refractivity contribution in [1.82, 2.24) is 5.32 Å². The van der Waals surface area contributed by atoms with E-state index in [2.05, 4.69) is 21.2 Å². The SMILES string of the molecule is O=C(NCc1c(O)cccc1Br)OCc1ccccc1. The van der Waals surface area contributed by atoms with E-state index in [1.807, 2.05) is 30.3 Å². The quantitative estimate of drug-likeness (QED) is 0.897. The summed E-state index contributed by atoms with van der Waals surface area (Å²) in [5, 5.41) is 12.3. The van der Waals surface area contributed by atoms with Crippen molar-refractivity contribution in [2.45, 2.75) is 13.2 Å². The zero-order valence-electron chi connectivity index (χ0n) is 10.7. The molecule has 0 spiro atoms. The molecule has 0 heterocycles. The van der Waals surface area contributed by atoms with Gasteiger partial charge >= 0.3 is 6.09 Å². The van der Waals surface area contributed by atoms with Crippen molar-refractivity contribution >= 4 is 22.0 Å². The van der Waals surface area contributed by atoms with E-state index in [-0.39, 0.29) is 18.9 Å². The maximum Gasteiger partial charge on any atom is 0.407 e. The Kier molecular flexibility index (Phi) is 5.01. The summed E-state index contributed by atoms with van der Waals surface area (Å²) in [4.78, 5) is 11.6. The smallest absolute Gasteiger partial charge is 0.407 e. The largest absolute Gasteiger partial charge is 0.508 e. The van der Waals surface area contributed by atoms with Crippen LogP contribution in [0.25, 0.3) is 0 Å². The topological polar surface area (TPSA) is 58.6 Å². The van der Waals surface area contributed by atoms with E-state index < -0.39 is 6.09 Å². The van der Waals surface area contributed by atoms with Crippen molar-refractivity contribution in [1.29, 1.82) is 0 Å². The summed E-state index contributed by atoms with van der Waals surface area (Å²) in [5.74, 6) is 0.128. The van der Waals surface area contributed by atoms with E-state index in [1.165, 1.54) is 0 Å². The minimum atomic E-state index is -0.524. The third kappa shape index (κ3) is 3.99. The first-order valence-electron chi connectivity index (χ1n) is 6.07. The van der Waals surface area contributed by atoms with Crippen LogP contribution in [0, 0.1) is 0 Å². The molecule has 2 rings (SSSR count). The van der Waals surface area contributed by atoms with Gasteiger partial charge in [0, 0.05) is 10.0 Å². The average molecular weight is 336 g/mol. The molecular formula is C15H14BrNO3. The Bertz CT molecular complexity index is 567. The maximum atomic E-state index is 11.6. The zero-order chi connectivity index (χ0) is 14.4. The van der Waals surface area contributed by atoms with Crippen molar-refractivity contribution in [2.75, 3.05) is 0 Å². The monoisotopic (exact) mass is 335 g/mol. The number of hydrogen-bond donors (Lipinski definition) is 2. The first-order chi connectivity index (χ1) is 9.66. The van der Waals surface area contributed by atoms with Gasteiger partial charge in [0.25, 0.3) is 0 Å². The van der Waals surface area contributed by atoms with Gasteiger partial charge in [-0.05, 0) is 17.7 Å². The molecule has 104 valence electrons. The first-order valence-corrected chi connectivity index (χ1v) is 6.87. The van der Waals surface area contributed by atoms with Gasteiger partial charge in [0.05, 0.1) is 6.54 Å². The Morgan fingerprint density at radius 2 is 1.90 bits per heavy atom. The fraction of sp³-hybridized carbons (Fsp3) is 0.133. The number of halogens is 1. The average Bonchev–Trinajstić information content (AvgIpc) is 2.46. The highest BCUT2D eigenvalue weighted by Gasteiger charge is 2.08. The van der Waals surface area contributed by atoms with Crippen LogP contribution >= 0.6 is 15.9 Å². The Balaban J connectivity index is 1.84. The lowest BCUT2D eigenvalue weighted by Crippen LogP contribution is -2.23. The lowest BCUT2D eigenvalue weighted by molar-refractivity contribution is 0.139. The maximum absolute atomic E-state index is 11.6. The van der Waals surface area contributed by atoms with Crippen LogP contribution in [0.4, 0.5) is 4.79 Å². The molecule has 0 fully saturated rings. The minimum Gasteiger partial charge on any atom is -0.508 e. The van der Waals surface area contributed by atoms with Crippen LogP contribution in [0.2, 0.25) is 0 Å². The first kappa shape index (κ1) is 14.4. The standard InChI is InChI=1S/C15H14BrNO3/c16-13-7-4-8-14(18)12(13)9-17-15(19)20-10-11-5-2-1-3-6-11/h1-8,18H,9-10H2,(H,17,19). The number of benzene rings is 2. The highest BCUT2D eigenvalue weighted by molar-refractivity contribution is 9.10. The second-order valence-electron chi connectivity index (χ2n) is 4.15. The van der Waals surface area contributed by atoms with Gasteiger partial charge in [-0.25, -0.2) is 4.79 Å². The van der Waals surface area contributed by atoms with Crippen molar-refractivity contribution < 1.29 is 14.6 Å². The number of carbonyl (C=O) groups is 1. The summed E-state index contributed by atoms with van der Waals surface area (Å²) in [6.07, 6.45) is -0.524. The number of rotatable bonds is 4. The van der Waals surface area contributed by atoms with Gasteiger partial charge in [-0.3, -0.25) is 0 Å². The molecule has 0 aromatic heterocycles. The number of aromatic hydroxyl groups is 1. The Hall–Kier alpha value is -2.01. The van der Waals surface area contributed by atoms with Crippen LogP contribution in [-0.2, 0) is 17.9 Å². The molecule has 0 bridgehead atoms. The Morgan fingerprint density at radius 1 is 1.15 bits per heavy atom. The molecule has 0 aliphatic heterocycles. The number of phenols is 1. The molecule has 1 amide bonds. The molecule has 4 nitrogen and oxygen atoms in total. The number of carbonyl (C=O) groups excluding carboxylic acids is 1. The fourth-order valence-corrected chi connectivity index (χ4v) is 2.15. The molecule has 0 aliphatic rings. The van der Waals surface area contributed by atoms with Crippen LogP contribution in [-0.4, -0.2) is 11.2 Å².